The lowest BCUT2D eigenvalue weighted by molar-refractivity contribution is -0.137. The van der Waals surface area contributed by atoms with E-state index in [9.17, 15) is 13.2 Å². The maximum Gasteiger partial charge on any atom is 0.416 e. The van der Waals surface area contributed by atoms with E-state index in [1.807, 2.05) is 0 Å². The second kappa shape index (κ2) is 5.27. The van der Waals surface area contributed by atoms with Crippen LogP contribution in [0.15, 0.2) is 36.4 Å². The monoisotopic (exact) mass is 294 g/mol. The van der Waals surface area contributed by atoms with E-state index in [0.717, 1.165) is 25.1 Å². The molecule has 0 atom stereocenters. The first-order valence-electron chi connectivity index (χ1n) is 6.59. The summed E-state index contributed by atoms with van der Waals surface area (Å²) in [5, 5.41) is 3.12. The Labute approximate surface area is 119 Å². The summed E-state index contributed by atoms with van der Waals surface area (Å²) in [4.78, 5) is 4.36. The molecule has 0 fully saturated rings. The normalized spacial score (nSPS) is 14.6. The molecule has 0 amide bonds. The fourth-order valence-electron chi connectivity index (χ4n) is 2.17. The number of hydrogen-bond donors (Lipinski definition) is 1. The number of nitrogens with zero attached hydrogens (tertiary/aromatic N) is 1. The molecule has 0 saturated heterocycles. The number of pyridine rings is 1. The largest absolute Gasteiger partial charge is 0.490 e. The Morgan fingerprint density at radius 1 is 1.14 bits per heavy atom. The molecule has 3 rings (SSSR count). The molecule has 1 aliphatic rings. The number of anilines is 1. The van der Waals surface area contributed by atoms with Crippen molar-refractivity contribution >= 4 is 5.82 Å². The molecule has 1 N–H and O–H groups in total. The third-order valence-electron chi connectivity index (χ3n) is 3.22. The van der Waals surface area contributed by atoms with Crippen molar-refractivity contribution in [3.63, 3.8) is 0 Å². The Hall–Kier alpha value is -2.24. The predicted molar refractivity (Wildman–Crippen MR) is 73.3 cm³/mol. The van der Waals surface area contributed by atoms with Gasteiger partial charge in [0.15, 0.2) is 11.6 Å². The van der Waals surface area contributed by atoms with Crippen LogP contribution in [0.2, 0.25) is 0 Å². The Kier molecular flexibility index (Phi) is 3.45. The van der Waals surface area contributed by atoms with E-state index in [4.69, 9.17) is 4.74 Å². The highest BCUT2D eigenvalue weighted by molar-refractivity contribution is 5.65. The van der Waals surface area contributed by atoms with E-state index in [2.05, 4.69) is 10.3 Å². The second-order valence-electron chi connectivity index (χ2n) is 4.75. The van der Waals surface area contributed by atoms with Crippen molar-refractivity contribution in [1.82, 2.24) is 4.98 Å². The van der Waals surface area contributed by atoms with E-state index < -0.39 is 11.7 Å². The number of hydrogen-bond acceptors (Lipinski definition) is 3. The van der Waals surface area contributed by atoms with Crippen molar-refractivity contribution in [2.24, 2.45) is 0 Å². The third kappa shape index (κ3) is 2.94. The fourth-order valence-corrected chi connectivity index (χ4v) is 2.17. The van der Waals surface area contributed by atoms with Crippen molar-refractivity contribution in [3.8, 4) is 17.0 Å². The maximum atomic E-state index is 12.8. The van der Waals surface area contributed by atoms with Crippen LogP contribution in [0.5, 0.6) is 5.75 Å². The molecule has 0 spiro atoms. The third-order valence-corrected chi connectivity index (χ3v) is 3.22. The molecular formula is C15H13F3N2O. The highest BCUT2D eigenvalue weighted by Gasteiger charge is 2.30. The quantitative estimate of drug-likeness (QED) is 0.864. The molecule has 3 nitrogen and oxygen atoms in total. The Morgan fingerprint density at radius 3 is 2.81 bits per heavy atom. The minimum Gasteiger partial charge on any atom is -0.490 e. The topological polar surface area (TPSA) is 34.2 Å². The van der Waals surface area contributed by atoms with Crippen LogP contribution in [0.1, 0.15) is 12.0 Å². The molecule has 2 aromatic rings. The van der Waals surface area contributed by atoms with Gasteiger partial charge in [-0.25, -0.2) is 4.98 Å². The van der Waals surface area contributed by atoms with Gasteiger partial charge >= 0.3 is 6.18 Å². The van der Waals surface area contributed by atoms with Gasteiger partial charge in [0.2, 0.25) is 0 Å². The molecule has 1 aromatic heterocycles. The summed E-state index contributed by atoms with van der Waals surface area (Å²) in [6.45, 7) is 1.33. The first-order chi connectivity index (χ1) is 10.0. The molecule has 21 heavy (non-hydrogen) atoms. The van der Waals surface area contributed by atoms with Crippen LogP contribution in [0, 0.1) is 0 Å². The van der Waals surface area contributed by atoms with Crippen LogP contribution in [-0.2, 0) is 6.18 Å². The van der Waals surface area contributed by atoms with Crippen LogP contribution in [-0.4, -0.2) is 18.1 Å². The fraction of sp³-hybridized carbons (Fsp3) is 0.267. The van der Waals surface area contributed by atoms with Crippen LogP contribution in [0.3, 0.4) is 0 Å². The van der Waals surface area contributed by atoms with E-state index >= 15 is 0 Å². The van der Waals surface area contributed by atoms with Gasteiger partial charge in [-0.05, 0) is 30.7 Å². The first kappa shape index (κ1) is 13.7. The van der Waals surface area contributed by atoms with Crippen molar-refractivity contribution in [3.05, 3.63) is 42.0 Å². The summed E-state index contributed by atoms with van der Waals surface area (Å²) in [6.07, 6.45) is -3.50. The van der Waals surface area contributed by atoms with Crippen molar-refractivity contribution in [2.75, 3.05) is 18.5 Å². The molecule has 0 bridgehead atoms. The lowest BCUT2D eigenvalue weighted by Gasteiger charge is -2.11. The molecule has 110 valence electrons. The highest BCUT2D eigenvalue weighted by atomic mass is 19.4. The molecule has 2 heterocycles. The van der Waals surface area contributed by atoms with Crippen LogP contribution < -0.4 is 10.1 Å². The number of nitrogens with one attached hydrogen (secondary N) is 1. The molecule has 6 heteroatoms. The molecular weight excluding hydrogens is 281 g/mol. The summed E-state index contributed by atoms with van der Waals surface area (Å²) in [7, 11) is 0. The molecule has 1 aromatic carbocycles. The Bertz CT molecular complexity index is 656. The van der Waals surface area contributed by atoms with E-state index in [1.165, 1.54) is 6.07 Å². The van der Waals surface area contributed by atoms with Gasteiger partial charge in [0.05, 0.1) is 17.9 Å². The number of benzene rings is 1. The predicted octanol–water partition coefficient (Wildman–Crippen LogP) is 3.96. The Morgan fingerprint density at radius 2 is 2.00 bits per heavy atom. The van der Waals surface area contributed by atoms with Gasteiger partial charge in [0, 0.05) is 12.1 Å². The lowest BCUT2D eigenvalue weighted by atomic mass is 10.1. The number of aromatic nitrogens is 1. The Balaban J connectivity index is 1.99. The van der Waals surface area contributed by atoms with Crippen LogP contribution >= 0.6 is 0 Å². The molecule has 0 aliphatic carbocycles. The van der Waals surface area contributed by atoms with Gasteiger partial charge in [-0.15, -0.1) is 0 Å². The van der Waals surface area contributed by atoms with Gasteiger partial charge in [-0.3, -0.25) is 0 Å². The van der Waals surface area contributed by atoms with Gasteiger partial charge < -0.3 is 10.1 Å². The van der Waals surface area contributed by atoms with E-state index in [1.54, 1.807) is 18.2 Å². The summed E-state index contributed by atoms with van der Waals surface area (Å²) in [5.41, 5.74) is 0.234. The smallest absolute Gasteiger partial charge is 0.416 e. The van der Waals surface area contributed by atoms with E-state index in [0.29, 0.717) is 29.4 Å². The zero-order valence-corrected chi connectivity index (χ0v) is 11.1. The zero-order chi connectivity index (χ0) is 14.9. The number of ether oxygens (including phenoxy) is 1. The minimum absolute atomic E-state index is 0.429. The van der Waals surface area contributed by atoms with Crippen LogP contribution in [0.4, 0.5) is 19.0 Å². The zero-order valence-electron chi connectivity index (χ0n) is 11.1. The van der Waals surface area contributed by atoms with Crippen LogP contribution in [0.25, 0.3) is 11.3 Å². The SMILES string of the molecule is FC(F)(F)c1cccc(-c2ccc3c(n2)NCCCO3)c1. The number of halogens is 3. The van der Waals surface area contributed by atoms with Crippen molar-refractivity contribution in [1.29, 1.82) is 0 Å². The average Bonchev–Trinajstić information content (AvgIpc) is 2.71. The van der Waals surface area contributed by atoms with Crippen molar-refractivity contribution in [2.45, 2.75) is 12.6 Å². The number of fused-ring (bicyclic) bond motifs is 1. The minimum atomic E-state index is -4.36. The van der Waals surface area contributed by atoms with Crippen molar-refractivity contribution < 1.29 is 17.9 Å². The first-order valence-corrected chi connectivity index (χ1v) is 6.59. The van der Waals surface area contributed by atoms with E-state index in [-0.39, 0.29) is 0 Å². The van der Waals surface area contributed by atoms with Gasteiger partial charge in [0.25, 0.3) is 0 Å². The summed E-state index contributed by atoms with van der Waals surface area (Å²) < 4.78 is 43.8. The highest BCUT2D eigenvalue weighted by Crippen LogP contribution is 2.33. The summed E-state index contributed by atoms with van der Waals surface area (Å²) in [5.74, 6) is 1.20. The molecule has 0 saturated carbocycles. The average molecular weight is 294 g/mol. The lowest BCUT2D eigenvalue weighted by Crippen LogP contribution is -2.05. The standard InChI is InChI=1S/C15H13F3N2O/c16-15(17,18)11-4-1-3-10(9-11)12-5-6-13-14(20-12)19-7-2-8-21-13/h1,3-6,9H,2,7-8H2,(H,19,20). The number of rotatable bonds is 1. The summed E-state index contributed by atoms with van der Waals surface area (Å²) >= 11 is 0. The van der Waals surface area contributed by atoms with Gasteiger partial charge in [-0.1, -0.05) is 12.1 Å². The number of alkyl halides is 3. The molecule has 0 unspecified atom stereocenters. The summed E-state index contributed by atoms with van der Waals surface area (Å²) in [6, 6.07) is 8.55. The van der Waals surface area contributed by atoms with Gasteiger partial charge in [0.1, 0.15) is 0 Å². The van der Waals surface area contributed by atoms with Gasteiger partial charge in [-0.2, -0.15) is 13.2 Å². The molecule has 0 radical (unpaired) electrons. The molecule has 1 aliphatic heterocycles. The second-order valence-corrected chi connectivity index (χ2v) is 4.75. The maximum absolute atomic E-state index is 12.8.